The number of halogens is 1. The minimum atomic E-state index is -0.723. The monoisotopic (exact) mass is 310 g/mol. The lowest BCUT2D eigenvalue weighted by atomic mass is 10.0. The predicted octanol–water partition coefficient (Wildman–Crippen LogP) is 3.99. The zero-order chi connectivity index (χ0) is 16.0. The molecule has 0 radical (unpaired) electrons. The second kappa shape index (κ2) is 5.48. The number of nitrogens with one attached hydrogen (secondary N) is 1. The number of benzene rings is 2. The molecule has 3 aromatic rings. The van der Waals surface area contributed by atoms with Crippen LogP contribution < -0.4 is 5.32 Å². The molecule has 4 heteroatoms. The fourth-order valence-corrected chi connectivity index (χ4v) is 3.54. The summed E-state index contributed by atoms with van der Waals surface area (Å²) in [5.74, 6) is -0.257. The number of aliphatic hydroxyl groups excluding tert-OH is 1. The van der Waals surface area contributed by atoms with Crippen molar-refractivity contribution < 1.29 is 9.50 Å². The van der Waals surface area contributed by atoms with Crippen LogP contribution in [-0.2, 0) is 0 Å². The van der Waals surface area contributed by atoms with Crippen LogP contribution in [0, 0.1) is 5.82 Å². The average molecular weight is 310 g/mol. The van der Waals surface area contributed by atoms with Gasteiger partial charge >= 0.3 is 0 Å². The highest BCUT2D eigenvalue weighted by molar-refractivity contribution is 5.95. The van der Waals surface area contributed by atoms with Gasteiger partial charge in [-0.25, -0.2) is 4.39 Å². The Kier molecular flexibility index (Phi) is 3.43. The van der Waals surface area contributed by atoms with E-state index in [2.05, 4.69) is 16.8 Å². The quantitative estimate of drug-likeness (QED) is 0.713. The Balaban J connectivity index is 2.07. The first-order valence-corrected chi connectivity index (χ1v) is 7.96. The third kappa shape index (κ3) is 2.35. The number of aromatic nitrogens is 1. The van der Waals surface area contributed by atoms with Crippen LogP contribution in [0.15, 0.2) is 48.5 Å². The van der Waals surface area contributed by atoms with E-state index in [0.29, 0.717) is 0 Å². The summed E-state index contributed by atoms with van der Waals surface area (Å²) in [6.45, 7) is 2.90. The molecule has 2 atom stereocenters. The molecule has 0 bridgehead atoms. The van der Waals surface area contributed by atoms with Gasteiger partial charge in [0, 0.05) is 17.0 Å². The molecule has 23 heavy (non-hydrogen) atoms. The van der Waals surface area contributed by atoms with Crippen molar-refractivity contribution in [2.45, 2.75) is 25.6 Å². The van der Waals surface area contributed by atoms with Gasteiger partial charge in [0.15, 0.2) is 0 Å². The number of nitrogens with zero attached hydrogens (tertiary/aromatic N) is 1. The van der Waals surface area contributed by atoms with Gasteiger partial charge in [0.1, 0.15) is 12.0 Å². The second-order valence-corrected chi connectivity index (χ2v) is 6.19. The zero-order valence-electron chi connectivity index (χ0n) is 13.0. The van der Waals surface area contributed by atoms with Gasteiger partial charge in [0.25, 0.3) is 0 Å². The summed E-state index contributed by atoms with van der Waals surface area (Å²) < 4.78 is 16.3. The van der Waals surface area contributed by atoms with Crippen LogP contribution in [0.25, 0.3) is 22.0 Å². The van der Waals surface area contributed by atoms with E-state index in [-0.39, 0.29) is 11.9 Å². The molecule has 2 heterocycles. The van der Waals surface area contributed by atoms with Crippen molar-refractivity contribution in [1.29, 1.82) is 0 Å². The average Bonchev–Trinajstić information content (AvgIpc) is 2.87. The molecular formula is C19H19FN2O. The summed E-state index contributed by atoms with van der Waals surface area (Å²) in [6.07, 6.45) is 0.193. The highest BCUT2D eigenvalue weighted by Crippen LogP contribution is 2.37. The van der Waals surface area contributed by atoms with E-state index in [1.54, 1.807) is 12.1 Å². The first-order valence-electron chi connectivity index (χ1n) is 7.96. The summed E-state index contributed by atoms with van der Waals surface area (Å²) in [6, 6.07) is 15.1. The Hall–Kier alpha value is -2.17. The van der Waals surface area contributed by atoms with Crippen molar-refractivity contribution in [2.75, 3.05) is 6.54 Å². The maximum Gasteiger partial charge on any atom is 0.146 e. The standard InChI is InChI=1S/C19H19FN2O/c1-12-7-8-21-19(23)17-10-14-9-15(20)11-16(18(14)22(12)17)13-5-3-2-4-6-13/h2-6,9-12,19,21,23H,7-8H2,1H3. The van der Waals surface area contributed by atoms with Gasteiger partial charge in [-0.2, -0.15) is 0 Å². The van der Waals surface area contributed by atoms with Crippen molar-refractivity contribution in [1.82, 2.24) is 9.88 Å². The third-order valence-electron chi connectivity index (χ3n) is 4.63. The molecule has 0 saturated carbocycles. The smallest absolute Gasteiger partial charge is 0.146 e. The normalized spacial score (nSPS) is 21.2. The Morgan fingerprint density at radius 3 is 2.74 bits per heavy atom. The molecule has 2 aromatic carbocycles. The van der Waals surface area contributed by atoms with Crippen molar-refractivity contribution in [2.24, 2.45) is 0 Å². The van der Waals surface area contributed by atoms with E-state index in [1.807, 2.05) is 36.4 Å². The van der Waals surface area contributed by atoms with Crippen molar-refractivity contribution in [3.05, 3.63) is 60.0 Å². The molecule has 118 valence electrons. The zero-order valence-corrected chi connectivity index (χ0v) is 13.0. The molecule has 0 amide bonds. The fraction of sp³-hybridized carbons (Fsp3) is 0.263. The van der Waals surface area contributed by atoms with Crippen molar-refractivity contribution >= 4 is 10.9 Å². The molecule has 3 nitrogen and oxygen atoms in total. The van der Waals surface area contributed by atoms with Crippen molar-refractivity contribution in [3.63, 3.8) is 0 Å². The van der Waals surface area contributed by atoms with Gasteiger partial charge in [0.05, 0.1) is 11.2 Å². The van der Waals surface area contributed by atoms with E-state index >= 15 is 0 Å². The van der Waals surface area contributed by atoms with E-state index in [4.69, 9.17) is 0 Å². The van der Waals surface area contributed by atoms with E-state index in [9.17, 15) is 9.50 Å². The fourth-order valence-electron chi connectivity index (χ4n) is 3.54. The molecule has 1 aliphatic rings. The minimum absolute atomic E-state index is 0.236. The third-order valence-corrected chi connectivity index (χ3v) is 4.63. The van der Waals surface area contributed by atoms with Gasteiger partial charge in [-0.3, -0.25) is 5.32 Å². The van der Waals surface area contributed by atoms with Gasteiger partial charge in [-0.1, -0.05) is 30.3 Å². The lowest BCUT2D eigenvalue weighted by Crippen LogP contribution is -2.20. The number of aliphatic hydroxyl groups is 1. The number of rotatable bonds is 1. The molecule has 0 spiro atoms. The van der Waals surface area contributed by atoms with E-state index < -0.39 is 6.23 Å². The molecule has 1 aliphatic heterocycles. The molecule has 2 N–H and O–H groups in total. The number of hydrogen-bond acceptors (Lipinski definition) is 2. The molecule has 1 aromatic heterocycles. The van der Waals surface area contributed by atoms with Crippen LogP contribution in [0.5, 0.6) is 0 Å². The molecule has 0 aliphatic carbocycles. The lowest BCUT2D eigenvalue weighted by Gasteiger charge is -2.18. The topological polar surface area (TPSA) is 37.2 Å². The predicted molar refractivity (Wildman–Crippen MR) is 89.6 cm³/mol. The maximum atomic E-state index is 14.1. The van der Waals surface area contributed by atoms with Crippen molar-refractivity contribution in [3.8, 4) is 11.1 Å². The largest absolute Gasteiger partial charge is 0.373 e. The van der Waals surface area contributed by atoms with Crippen LogP contribution in [0.4, 0.5) is 4.39 Å². The van der Waals surface area contributed by atoms with Gasteiger partial charge < -0.3 is 9.67 Å². The highest BCUT2D eigenvalue weighted by Gasteiger charge is 2.25. The van der Waals surface area contributed by atoms with Crippen LogP contribution >= 0.6 is 0 Å². The van der Waals surface area contributed by atoms with Crippen LogP contribution in [-0.4, -0.2) is 16.2 Å². The summed E-state index contributed by atoms with van der Waals surface area (Å²) >= 11 is 0. The van der Waals surface area contributed by atoms with Gasteiger partial charge in [-0.05, 0) is 43.7 Å². The first-order chi connectivity index (χ1) is 11.1. The Bertz CT molecular complexity index is 857. The molecule has 4 rings (SSSR count). The lowest BCUT2D eigenvalue weighted by molar-refractivity contribution is 0.137. The minimum Gasteiger partial charge on any atom is -0.373 e. The second-order valence-electron chi connectivity index (χ2n) is 6.19. The van der Waals surface area contributed by atoms with Gasteiger partial charge in [-0.15, -0.1) is 0 Å². The van der Waals surface area contributed by atoms with E-state index in [1.165, 1.54) is 0 Å². The maximum absolute atomic E-state index is 14.1. The van der Waals surface area contributed by atoms with Gasteiger partial charge in [0.2, 0.25) is 0 Å². The van der Waals surface area contributed by atoms with Crippen LogP contribution in [0.3, 0.4) is 0 Å². The SMILES string of the molecule is CC1CCNC(O)c2cc3cc(F)cc(-c4ccccc4)c3n21. The molecule has 0 saturated heterocycles. The number of hydrogen-bond donors (Lipinski definition) is 2. The molecule has 2 unspecified atom stereocenters. The Labute approximate surface area is 134 Å². The molecule has 0 fully saturated rings. The van der Waals surface area contributed by atoms with Crippen LogP contribution in [0.1, 0.15) is 31.3 Å². The summed E-state index contributed by atoms with van der Waals surface area (Å²) in [5, 5.41) is 14.3. The first kappa shape index (κ1) is 14.4. The van der Waals surface area contributed by atoms with Crippen LogP contribution in [0.2, 0.25) is 0 Å². The number of fused-ring (bicyclic) bond motifs is 3. The Morgan fingerprint density at radius 2 is 1.96 bits per heavy atom. The highest BCUT2D eigenvalue weighted by atomic mass is 19.1. The summed E-state index contributed by atoms with van der Waals surface area (Å²) in [4.78, 5) is 0. The summed E-state index contributed by atoms with van der Waals surface area (Å²) in [7, 11) is 0. The Morgan fingerprint density at radius 1 is 1.17 bits per heavy atom. The van der Waals surface area contributed by atoms with E-state index in [0.717, 1.165) is 40.7 Å². The molecular weight excluding hydrogens is 291 g/mol. The summed E-state index contributed by atoms with van der Waals surface area (Å²) in [5.41, 5.74) is 3.64.